The second kappa shape index (κ2) is 8.43. The second-order valence-electron chi connectivity index (χ2n) is 7.50. The van der Waals surface area contributed by atoms with Gasteiger partial charge in [0.05, 0.1) is 10.6 Å². The molecule has 0 unspecified atom stereocenters. The van der Waals surface area contributed by atoms with Crippen LogP contribution in [0, 0.1) is 27.7 Å². The van der Waals surface area contributed by atoms with Crippen LogP contribution in [0.15, 0.2) is 66.1 Å². The van der Waals surface area contributed by atoms with Crippen LogP contribution in [0.4, 0.5) is 5.69 Å². The van der Waals surface area contributed by atoms with Crippen LogP contribution < -0.4 is 9.46 Å². The maximum atomic E-state index is 12.8. The molecule has 0 spiro atoms. The summed E-state index contributed by atoms with van der Waals surface area (Å²) in [6.45, 7) is 7.52. The molecule has 9 heteroatoms. The largest absolute Gasteiger partial charge is 0.439 e. The van der Waals surface area contributed by atoms with E-state index in [1.54, 1.807) is 55.7 Å². The van der Waals surface area contributed by atoms with Crippen LogP contribution in [0.2, 0.25) is 0 Å². The van der Waals surface area contributed by atoms with Gasteiger partial charge in [-0.2, -0.15) is 0 Å². The van der Waals surface area contributed by atoms with Gasteiger partial charge < -0.3 is 4.74 Å². The second-order valence-corrected chi connectivity index (χ2v) is 9.15. The lowest BCUT2D eigenvalue weighted by molar-refractivity contribution is 0.461. The Morgan fingerprint density at radius 1 is 0.906 bits per heavy atom. The van der Waals surface area contributed by atoms with Gasteiger partial charge in [0, 0.05) is 17.4 Å². The lowest BCUT2D eigenvalue weighted by Gasteiger charge is -2.12. The van der Waals surface area contributed by atoms with Crippen molar-refractivity contribution in [2.75, 3.05) is 4.72 Å². The van der Waals surface area contributed by atoms with Crippen molar-refractivity contribution in [2.24, 2.45) is 0 Å². The van der Waals surface area contributed by atoms with Crippen LogP contribution in [0.3, 0.4) is 0 Å². The topological polar surface area (TPSA) is 99.0 Å². The number of aromatic nitrogens is 4. The molecule has 32 heavy (non-hydrogen) atoms. The van der Waals surface area contributed by atoms with E-state index in [0.29, 0.717) is 28.7 Å². The molecule has 1 N–H and O–H groups in total. The molecule has 0 aliphatic carbocycles. The van der Waals surface area contributed by atoms with E-state index in [1.807, 2.05) is 31.4 Å². The Hall–Kier alpha value is -3.72. The number of nitrogens with one attached hydrogen (secondary N) is 1. The predicted octanol–water partition coefficient (Wildman–Crippen LogP) is 4.49. The van der Waals surface area contributed by atoms with E-state index in [2.05, 4.69) is 19.7 Å². The number of nitrogens with zero attached hydrogens (tertiary/aromatic N) is 4. The molecule has 8 nitrogen and oxygen atoms in total. The highest BCUT2D eigenvalue weighted by Gasteiger charge is 2.17. The summed E-state index contributed by atoms with van der Waals surface area (Å²) in [7, 11) is -3.70. The Bertz CT molecular complexity index is 1380. The summed E-state index contributed by atoms with van der Waals surface area (Å²) >= 11 is 0. The minimum atomic E-state index is -3.70. The van der Waals surface area contributed by atoms with Crippen LogP contribution in [0.25, 0.3) is 5.82 Å². The highest BCUT2D eigenvalue weighted by atomic mass is 32.2. The first-order chi connectivity index (χ1) is 15.2. The minimum absolute atomic E-state index is 0.261. The molecule has 0 aliphatic heterocycles. The van der Waals surface area contributed by atoms with E-state index in [4.69, 9.17) is 4.74 Å². The van der Waals surface area contributed by atoms with E-state index in [9.17, 15) is 8.42 Å². The number of aryl methyl sites for hydroxylation is 3. The number of hydrogen-bond donors (Lipinski definition) is 1. The SMILES string of the molecule is Cc1ccc(C)c(S(=O)(=O)Nc2ccc(Oc3cc(-n4cnc(C)c4C)ncn3)cc2)c1. The van der Waals surface area contributed by atoms with Gasteiger partial charge in [0.25, 0.3) is 10.0 Å². The fraction of sp³-hybridized carbons (Fsp3) is 0.174. The molecule has 0 saturated carbocycles. The van der Waals surface area contributed by atoms with Gasteiger partial charge in [0.2, 0.25) is 5.88 Å². The normalized spacial score (nSPS) is 11.4. The highest BCUT2D eigenvalue weighted by molar-refractivity contribution is 7.92. The fourth-order valence-corrected chi connectivity index (χ4v) is 4.56. The van der Waals surface area contributed by atoms with Gasteiger partial charge in [-0.05, 0) is 69.2 Å². The molecule has 0 aliphatic rings. The summed E-state index contributed by atoms with van der Waals surface area (Å²) in [6.07, 6.45) is 3.12. The van der Waals surface area contributed by atoms with E-state index < -0.39 is 10.0 Å². The van der Waals surface area contributed by atoms with Gasteiger partial charge in [-0.25, -0.2) is 23.4 Å². The monoisotopic (exact) mass is 449 g/mol. The van der Waals surface area contributed by atoms with E-state index >= 15 is 0 Å². The summed E-state index contributed by atoms with van der Waals surface area (Å²) in [5.41, 5.74) is 3.90. The Morgan fingerprint density at radius 2 is 1.66 bits per heavy atom. The zero-order chi connectivity index (χ0) is 22.9. The molecule has 4 aromatic rings. The summed E-state index contributed by atoms with van der Waals surface area (Å²) in [5.74, 6) is 1.53. The van der Waals surface area contributed by atoms with Crippen LogP contribution in [-0.2, 0) is 10.0 Å². The number of imidazole rings is 1. The first kappa shape index (κ1) is 21.5. The number of sulfonamides is 1. The summed E-state index contributed by atoms with van der Waals surface area (Å²) in [5, 5.41) is 0. The number of benzene rings is 2. The Labute approximate surface area is 187 Å². The maximum Gasteiger partial charge on any atom is 0.262 e. The molecule has 0 fully saturated rings. The quantitative estimate of drug-likeness (QED) is 0.466. The molecule has 0 bridgehead atoms. The smallest absolute Gasteiger partial charge is 0.262 e. The lowest BCUT2D eigenvalue weighted by Crippen LogP contribution is -2.14. The predicted molar refractivity (Wildman–Crippen MR) is 122 cm³/mol. The Kier molecular flexibility index (Phi) is 5.67. The number of ether oxygens (including phenoxy) is 1. The maximum absolute atomic E-state index is 12.8. The summed E-state index contributed by atoms with van der Waals surface area (Å²) in [6, 6.07) is 13.7. The Morgan fingerprint density at radius 3 is 2.34 bits per heavy atom. The van der Waals surface area contributed by atoms with Gasteiger partial charge in [-0.15, -0.1) is 0 Å². The van der Waals surface area contributed by atoms with Crippen molar-refractivity contribution in [1.82, 2.24) is 19.5 Å². The van der Waals surface area contributed by atoms with E-state index in [1.165, 1.54) is 6.33 Å². The first-order valence-electron chi connectivity index (χ1n) is 9.94. The van der Waals surface area contributed by atoms with Crippen LogP contribution >= 0.6 is 0 Å². The molecular weight excluding hydrogens is 426 g/mol. The van der Waals surface area contributed by atoms with Crippen molar-refractivity contribution in [2.45, 2.75) is 32.6 Å². The number of anilines is 1. The van der Waals surface area contributed by atoms with Crippen molar-refractivity contribution in [1.29, 1.82) is 0 Å². The zero-order valence-electron chi connectivity index (χ0n) is 18.2. The van der Waals surface area contributed by atoms with Gasteiger partial charge in [-0.1, -0.05) is 12.1 Å². The van der Waals surface area contributed by atoms with Crippen LogP contribution in [0.1, 0.15) is 22.5 Å². The average molecular weight is 450 g/mol. The van der Waals surface area contributed by atoms with Gasteiger partial charge in [0.1, 0.15) is 24.2 Å². The molecule has 0 saturated heterocycles. The van der Waals surface area contributed by atoms with E-state index in [-0.39, 0.29) is 4.90 Å². The van der Waals surface area contributed by atoms with Gasteiger partial charge in [0.15, 0.2) is 0 Å². The number of rotatable bonds is 6. The molecule has 2 aromatic carbocycles. The van der Waals surface area contributed by atoms with Gasteiger partial charge >= 0.3 is 0 Å². The van der Waals surface area contributed by atoms with Crippen molar-refractivity contribution >= 4 is 15.7 Å². The van der Waals surface area contributed by atoms with E-state index in [0.717, 1.165) is 17.0 Å². The first-order valence-corrected chi connectivity index (χ1v) is 11.4. The molecule has 0 amide bonds. The van der Waals surface area contributed by atoms with Crippen molar-refractivity contribution < 1.29 is 13.2 Å². The third kappa shape index (κ3) is 4.47. The zero-order valence-corrected chi connectivity index (χ0v) is 19.0. The molecular formula is C23H23N5O3S. The van der Waals surface area contributed by atoms with Crippen molar-refractivity contribution in [3.05, 3.63) is 83.7 Å². The van der Waals surface area contributed by atoms with Crippen LogP contribution in [0.5, 0.6) is 11.6 Å². The molecule has 0 radical (unpaired) electrons. The Balaban J connectivity index is 1.51. The van der Waals surface area contributed by atoms with Crippen molar-refractivity contribution in [3.8, 4) is 17.4 Å². The molecule has 164 valence electrons. The third-order valence-corrected chi connectivity index (χ3v) is 6.61. The summed E-state index contributed by atoms with van der Waals surface area (Å²) in [4.78, 5) is 13.0. The molecule has 4 rings (SSSR count). The van der Waals surface area contributed by atoms with Gasteiger partial charge in [-0.3, -0.25) is 9.29 Å². The van der Waals surface area contributed by atoms with Crippen molar-refractivity contribution in [3.63, 3.8) is 0 Å². The minimum Gasteiger partial charge on any atom is -0.439 e. The standard InChI is InChI=1S/C23H23N5O3S/c1-15-5-6-16(2)21(11-15)32(29,30)27-19-7-9-20(10-8-19)31-23-12-22(24-13-25-23)28-14-26-17(3)18(28)4/h5-14,27H,1-4H3. The molecule has 2 heterocycles. The fourth-order valence-electron chi connectivity index (χ4n) is 3.17. The summed E-state index contributed by atoms with van der Waals surface area (Å²) < 4.78 is 35.9. The molecule has 2 aromatic heterocycles. The highest BCUT2D eigenvalue weighted by Crippen LogP contribution is 2.25. The average Bonchev–Trinajstić information content (AvgIpc) is 3.09. The lowest BCUT2D eigenvalue weighted by atomic mass is 10.2. The van der Waals surface area contributed by atoms with Crippen LogP contribution in [-0.4, -0.2) is 27.9 Å². The molecule has 0 atom stereocenters. The number of hydrogen-bond acceptors (Lipinski definition) is 6. The third-order valence-electron chi connectivity index (χ3n) is 5.09.